The van der Waals surface area contributed by atoms with E-state index in [0.29, 0.717) is 4.88 Å². The van der Waals surface area contributed by atoms with Crippen LogP contribution in [0.5, 0.6) is 0 Å². The number of rotatable bonds is 7. The van der Waals surface area contributed by atoms with Crippen LogP contribution in [0.15, 0.2) is 52.9 Å². The highest BCUT2D eigenvalue weighted by molar-refractivity contribution is 7.91. The summed E-state index contributed by atoms with van der Waals surface area (Å²) in [5.41, 5.74) is 0.856. The molecule has 4 aromatic rings. The third-order valence-corrected chi connectivity index (χ3v) is 8.07. The van der Waals surface area contributed by atoms with Crippen LogP contribution in [-0.4, -0.2) is 40.9 Å². The third-order valence-electron chi connectivity index (χ3n) is 4.95. The maximum absolute atomic E-state index is 12.9. The molecule has 0 bridgehead atoms. The molecule has 3 N–H and O–H groups in total. The van der Waals surface area contributed by atoms with Crippen molar-refractivity contribution in [2.75, 3.05) is 6.61 Å². The van der Waals surface area contributed by atoms with Gasteiger partial charge in [0.25, 0.3) is 0 Å². The molecule has 0 radical (unpaired) electrons. The summed E-state index contributed by atoms with van der Waals surface area (Å²) in [5, 5.41) is 14.1. The van der Waals surface area contributed by atoms with Crippen molar-refractivity contribution in [3.63, 3.8) is 0 Å². The third kappa shape index (κ3) is 4.44. The summed E-state index contributed by atoms with van der Waals surface area (Å²) < 4.78 is 68.0. The lowest BCUT2D eigenvalue weighted by Gasteiger charge is -2.15. The molecule has 1 atom stereocenters. The Morgan fingerprint density at radius 3 is 2.69 bits per heavy atom. The molecule has 0 aliphatic rings. The van der Waals surface area contributed by atoms with Gasteiger partial charge in [-0.2, -0.15) is 18.3 Å². The molecule has 0 unspecified atom stereocenters. The smallest absolute Gasteiger partial charge is 0.395 e. The molecule has 0 saturated carbocycles. The maximum Gasteiger partial charge on any atom is 0.435 e. The summed E-state index contributed by atoms with van der Waals surface area (Å²) in [4.78, 5) is 3.43. The molecule has 7 nitrogen and oxygen atoms in total. The van der Waals surface area contributed by atoms with Crippen molar-refractivity contribution in [3.05, 3.63) is 59.9 Å². The highest BCUT2D eigenvalue weighted by Crippen LogP contribution is 2.35. The molecule has 0 aliphatic heterocycles. The number of halogens is 3. The first-order valence-corrected chi connectivity index (χ1v) is 11.8. The lowest BCUT2D eigenvalue weighted by molar-refractivity contribution is -0.141. The Morgan fingerprint density at radius 1 is 1.25 bits per heavy atom. The van der Waals surface area contributed by atoms with Crippen molar-refractivity contribution in [3.8, 4) is 10.6 Å². The standard InChI is InChI=1S/C20H19F3N4O3S2/c1-27-16(9-18(25-27)20(21,22)23)17-6-7-19(31-17)32(29,30)26-13(11-28)8-12-10-24-15-5-3-2-4-14(12)15/h2-7,9-10,13,24,26,28H,8,11H2,1H3/t13-/m1/s1. The predicted molar refractivity (Wildman–Crippen MR) is 115 cm³/mol. The lowest BCUT2D eigenvalue weighted by atomic mass is 10.1. The van der Waals surface area contributed by atoms with Gasteiger partial charge in [-0.15, -0.1) is 11.3 Å². The minimum Gasteiger partial charge on any atom is -0.395 e. The number of fused-ring (bicyclic) bond motifs is 1. The van der Waals surface area contributed by atoms with Gasteiger partial charge in [-0.25, -0.2) is 13.1 Å². The number of nitrogens with one attached hydrogen (secondary N) is 2. The van der Waals surface area contributed by atoms with Gasteiger partial charge in [0.2, 0.25) is 10.0 Å². The van der Waals surface area contributed by atoms with Gasteiger partial charge >= 0.3 is 6.18 Å². The van der Waals surface area contributed by atoms with E-state index in [4.69, 9.17) is 0 Å². The number of sulfonamides is 1. The molecule has 170 valence electrons. The number of alkyl halides is 3. The summed E-state index contributed by atoms with van der Waals surface area (Å²) in [5.74, 6) is 0. The van der Waals surface area contributed by atoms with E-state index in [1.54, 1.807) is 6.20 Å². The van der Waals surface area contributed by atoms with Gasteiger partial charge < -0.3 is 10.1 Å². The molecule has 32 heavy (non-hydrogen) atoms. The van der Waals surface area contributed by atoms with Crippen molar-refractivity contribution in [2.24, 2.45) is 7.05 Å². The van der Waals surface area contributed by atoms with Crippen molar-refractivity contribution in [1.82, 2.24) is 19.5 Å². The highest BCUT2D eigenvalue weighted by Gasteiger charge is 2.35. The van der Waals surface area contributed by atoms with Crippen LogP contribution >= 0.6 is 11.3 Å². The number of aromatic nitrogens is 3. The first-order chi connectivity index (χ1) is 15.1. The zero-order valence-corrected chi connectivity index (χ0v) is 18.4. The Labute approximate surface area is 185 Å². The van der Waals surface area contributed by atoms with Crippen molar-refractivity contribution in [2.45, 2.75) is 22.8 Å². The lowest BCUT2D eigenvalue weighted by Crippen LogP contribution is -2.38. The number of thiophene rings is 1. The molecule has 3 heterocycles. The number of benzene rings is 1. The van der Waals surface area contributed by atoms with Gasteiger partial charge in [0.1, 0.15) is 4.21 Å². The zero-order chi connectivity index (χ0) is 23.1. The fourth-order valence-electron chi connectivity index (χ4n) is 3.43. The number of hydrogen-bond acceptors (Lipinski definition) is 5. The van der Waals surface area contributed by atoms with E-state index in [1.165, 1.54) is 19.2 Å². The Morgan fingerprint density at radius 2 is 2.00 bits per heavy atom. The number of H-pyrrole nitrogens is 1. The van der Waals surface area contributed by atoms with E-state index in [2.05, 4.69) is 14.8 Å². The van der Waals surface area contributed by atoms with E-state index in [9.17, 15) is 26.7 Å². The number of aryl methyl sites for hydroxylation is 1. The normalized spacial score (nSPS) is 13.7. The number of aliphatic hydroxyl groups is 1. The summed E-state index contributed by atoms with van der Waals surface area (Å²) in [6.45, 7) is -0.423. The number of hydrogen-bond donors (Lipinski definition) is 3. The van der Waals surface area contributed by atoms with Gasteiger partial charge in [-0.1, -0.05) is 18.2 Å². The Balaban J connectivity index is 1.55. The minimum absolute atomic E-state index is 0.0698. The minimum atomic E-state index is -4.60. The fraction of sp³-hybridized carbons (Fsp3) is 0.250. The summed E-state index contributed by atoms with van der Waals surface area (Å²) in [6, 6.07) is 10.4. The molecule has 0 saturated heterocycles. The molecule has 12 heteroatoms. The van der Waals surface area contributed by atoms with Gasteiger partial charge in [0.05, 0.1) is 17.2 Å². The summed E-state index contributed by atoms with van der Waals surface area (Å²) >= 11 is 0.828. The first kappa shape index (κ1) is 22.5. The molecule has 3 aromatic heterocycles. The molecular formula is C20H19F3N4O3S2. The molecule has 0 spiro atoms. The molecule has 1 aromatic carbocycles. The van der Waals surface area contributed by atoms with E-state index in [1.807, 2.05) is 24.3 Å². The number of para-hydroxylation sites is 1. The number of aliphatic hydroxyl groups excluding tert-OH is 1. The Hall–Kier alpha value is -2.67. The number of nitrogens with zero attached hydrogens (tertiary/aromatic N) is 2. The van der Waals surface area contributed by atoms with Crippen molar-refractivity contribution < 1.29 is 26.7 Å². The Bertz CT molecular complexity index is 1360. The summed E-state index contributed by atoms with van der Waals surface area (Å²) in [6.07, 6.45) is -2.57. The van der Waals surface area contributed by atoms with E-state index < -0.39 is 34.5 Å². The Kier molecular flexibility index (Phi) is 5.88. The monoisotopic (exact) mass is 484 g/mol. The van der Waals surface area contributed by atoms with Crippen LogP contribution in [0, 0.1) is 0 Å². The van der Waals surface area contributed by atoms with Crippen LogP contribution in [-0.2, 0) is 29.7 Å². The fourth-order valence-corrected chi connectivity index (χ4v) is 6.02. The number of aromatic amines is 1. The zero-order valence-electron chi connectivity index (χ0n) is 16.7. The quantitative estimate of drug-likeness (QED) is 0.374. The predicted octanol–water partition coefficient (Wildman–Crippen LogP) is 3.53. The average Bonchev–Trinajstić information content (AvgIpc) is 3.45. The topological polar surface area (TPSA) is 100 Å². The van der Waals surface area contributed by atoms with Crippen LogP contribution in [0.2, 0.25) is 0 Å². The van der Waals surface area contributed by atoms with E-state index >= 15 is 0 Å². The van der Waals surface area contributed by atoms with Crippen molar-refractivity contribution >= 4 is 32.3 Å². The van der Waals surface area contributed by atoms with Gasteiger partial charge in [0, 0.05) is 30.2 Å². The highest BCUT2D eigenvalue weighted by atomic mass is 32.2. The van der Waals surface area contributed by atoms with Gasteiger partial charge in [-0.3, -0.25) is 4.68 Å². The van der Waals surface area contributed by atoms with Crippen LogP contribution < -0.4 is 4.72 Å². The molecule has 0 amide bonds. The van der Waals surface area contributed by atoms with Crippen LogP contribution in [0.25, 0.3) is 21.5 Å². The maximum atomic E-state index is 12.9. The van der Waals surface area contributed by atoms with E-state index in [0.717, 1.165) is 38.6 Å². The molecular weight excluding hydrogens is 465 g/mol. The van der Waals surface area contributed by atoms with Gasteiger partial charge in [0.15, 0.2) is 5.69 Å². The first-order valence-electron chi connectivity index (χ1n) is 9.48. The van der Waals surface area contributed by atoms with Gasteiger partial charge in [-0.05, 0) is 36.2 Å². The van der Waals surface area contributed by atoms with E-state index in [-0.39, 0.29) is 16.3 Å². The second kappa shape index (κ2) is 8.35. The molecule has 4 rings (SSSR count). The summed E-state index contributed by atoms with van der Waals surface area (Å²) in [7, 11) is -2.64. The molecule has 0 fully saturated rings. The largest absolute Gasteiger partial charge is 0.435 e. The average molecular weight is 485 g/mol. The van der Waals surface area contributed by atoms with Crippen LogP contribution in [0.1, 0.15) is 11.3 Å². The second-order valence-corrected chi connectivity index (χ2v) is 10.2. The van der Waals surface area contributed by atoms with Crippen LogP contribution in [0.4, 0.5) is 13.2 Å². The second-order valence-electron chi connectivity index (χ2n) is 7.22. The molecule has 0 aliphatic carbocycles. The SMILES string of the molecule is Cn1nc(C(F)(F)F)cc1-c1ccc(S(=O)(=O)N[C@@H](CO)Cc2c[nH]c3ccccc23)s1. The van der Waals surface area contributed by atoms with Crippen LogP contribution in [0.3, 0.4) is 0 Å². The van der Waals surface area contributed by atoms with Crippen molar-refractivity contribution in [1.29, 1.82) is 0 Å².